The number of nitrogens with one attached hydrogen (secondary N) is 3. The maximum absolute atomic E-state index is 13.3. The van der Waals surface area contributed by atoms with E-state index in [2.05, 4.69) is 26.3 Å². The predicted octanol–water partition coefficient (Wildman–Crippen LogP) is 4.29. The van der Waals surface area contributed by atoms with Crippen molar-refractivity contribution >= 4 is 60.4 Å². The Balaban J connectivity index is 0.00000608. The lowest BCUT2D eigenvalue weighted by Crippen LogP contribution is -2.54. The van der Waals surface area contributed by atoms with Gasteiger partial charge in [0.2, 0.25) is 17.7 Å². The number of para-hydroxylation sites is 1. The first-order valence-electron chi connectivity index (χ1n) is 22.5. The number of amides is 6. The first-order chi connectivity index (χ1) is 32.1. The Kier molecular flexibility index (Phi) is 14.3. The van der Waals surface area contributed by atoms with Crippen molar-refractivity contribution in [2.24, 2.45) is 11.7 Å². The third kappa shape index (κ3) is 10.0. The minimum Gasteiger partial charge on any atom is -0.457 e. The number of primary amides is 1. The molecule has 0 spiro atoms. The van der Waals surface area contributed by atoms with Crippen LogP contribution >= 0.6 is 13.5 Å². The zero-order valence-corrected chi connectivity index (χ0v) is 37.8. The van der Waals surface area contributed by atoms with Gasteiger partial charge in [0, 0.05) is 56.5 Å². The molecule has 20 heteroatoms. The number of carbonyl (C=O) groups is 6. The van der Waals surface area contributed by atoms with Gasteiger partial charge in [0.15, 0.2) is 0 Å². The highest BCUT2D eigenvalue weighted by molar-refractivity contribution is 7.59. The Hall–Kier alpha value is -7.06. The second-order valence-corrected chi connectivity index (χ2v) is 16.9. The molecule has 0 saturated carbocycles. The average Bonchev–Trinajstić information content (AvgIpc) is 4.02. The van der Waals surface area contributed by atoms with Crippen molar-refractivity contribution in [3.63, 3.8) is 0 Å². The number of piperidine rings is 2. The summed E-state index contributed by atoms with van der Waals surface area (Å²) in [5.74, 6) is -0.316. The molecule has 19 nitrogen and oxygen atoms in total. The van der Waals surface area contributed by atoms with E-state index in [1.54, 1.807) is 22.9 Å². The quantitative estimate of drug-likeness (QED) is 0.0753. The average molecular weight is 932 g/mol. The number of nitrogens with zero attached hydrogens (tertiary/aromatic N) is 7. The van der Waals surface area contributed by atoms with Crippen molar-refractivity contribution in [3.05, 3.63) is 101 Å². The smallest absolute Gasteiger partial charge is 0.264 e. The van der Waals surface area contributed by atoms with Gasteiger partial charge in [-0.25, -0.2) is 9.36 Å². The number of hydrogen-bond donors (Lipinski definition) is 4. The number of carbonyl (C=O) groups excluding carboxylic acids is 6. The van der Waals surface area contributed by atoms with E-state index in [4.69, 9.17) is 20.3 Å². The third-order valence-corrected chi connectivity index (χ3v) is 12.7. The van der Waals surface area contributed by atoms with Gasteiger partial charge in [-0.15, -0.1) is 5.10 Å². The van der Waals surface area contributed by atoms with Crippen molar-refractivity contribution < 1.29 is 38.2 Å². The van der Waals surface area contributed by atoms with Crippen LogP contribution in [0.2, 0.25) is 0 Å². The molecule has 0 radical (unpaired) electrons. The van der Waals surface area contributed by atoms with Crippen molar-refractivity contribution in [1.82, 2.24) is 39.9 Å². The molecule has 350 valence electrons. The number of ether oxygens (including phenoxy) is 2. The van der Waals surface area contributed by atoms with E-state index in [-0.39, 0.29) is 55.3 Å². The molecule has 2 atom stereocenters. The molecular weight excluding hydrogens is 879 g/mol. The highest BCUT2D eigenvalue weighted by Gasteiger charge is 2.45. The summed E-state index contributed by atoms with van der Waals surface area (Å²) in [6, 6.07) is 20.9. The van der Waals surface area contributed by atoms with Crippen LogP contribution in [0.5, 0.6) is 11.5 Å². The molecule has 9 rings (SSSR count). The van der Waals surface area contributed by atoms with Gasteiger partial charge in [0.1, 0.15) is 34.6 Å². The van der Waals surface area contributed by atoms with Crippen LogP contribution in [-0.4, -0.2) is 115 Å². The van der Waals surface area contributed by atoms with Crippen molar-refractivity contribution in [2.45, 2.75) is 70.0 Å². The van der Waals surface area contributed by atoms with Crippen LogP contribution in [0.1, 0.15) is 87.8 Å². The second-order valence-electron chi connectivity index (χ2n) is 16.9. The SMILES string of the molecule is NC(=O)c1c(-c2ccc(Oc3ccccc3)cc2)nn2c1NCC[C@H]2C1CCN(C(=O)CCCc2cn(CCOCCNc3cccc4c3C(=O)N(C3CCC(=O)NC3=O)C4=O)nn2)CC1.S. The number of hydrogen-bond acceptors (Lipinski definition) is 13. The van der Waals surface area contributed by atoms with Gasteiger partial charge >= 0.3 is 0 Å². The van der Waals surface area contributed by atoms with Crippen LogP contribution in [0, 0.1) is 5.92 Å². The number of anilines is 2. The summed E-state index contributed by atoms with van der Waals surface area (Å²) < 4.78 is 15.4. The first-order valence-corrected chi connectivity index (χ1v) is 22.5. The summed E-state index contributed by atoms with van der Waals surface area (Å²) in [5, 5.41) is 22.2. The molecule has 3 aromatic carbocycles. The minimum absolute atomic E-state index is 0. The molecule has 5 N–H and O–H groups in total. The maximum atomic E-state index is 13.3. The number of benzene rings is 3. The van der Waals surface area contributed by atoms with E-state index in [1.807, 2.05) is 70.4 Å². The first kappa shape index (κ1) is 46.5. The van der Waals surface area contributed by atoms with Gasteiger partial charge < -0.3 is 30.7 Å². The molecule has 4 aliphatic rings. The molecule has 2 saturated heterocycles. The second kappa shape index (κ2) is 20.6. The van der Waals surface area contributed by atoms with E-state index in [1.165, 1.54) is 0 Å². The largest absolute Gasteiger partial charge is 0.457 e. The van der Waals surface area contributed by atoms with Crippen molar-refractivity contribution in [3.8, 4) is 22.8 Å². The van der Waals surface area contributed by atoms with Crippen molar-refractivity contribution in [1.29, 1.82) is 0 Å². The third-order valence-electron chi connectivity index (χ3n) is 12.7. The van der Waals surface area contributed by atoms with E-state index >= 15 is 0 Å². The number of aromatic nitrogens is 5. The Morgan fingerprint density at radius 1 is 0.881 bits per heavy atom. The molecular formula is C47H53N11O8S. The van der Waals surface area contributed by atoms with Crippen LogP contribution in [0.3, 0.4) is 0 Å². The predicted molar refractivity (Wildman–Crippen MR) is 250 cm³/mol. The van der Waals surface area contributed by atoms with Gasteiger partial charge in [-0.1, -0.05) is 29.5 Å². The van der Waals surface area contributed by atoms with Gasteiger partial charge in [-0.3, -0.25) is 39.0 Å². The number of imide groups is 2. The highest BCUT2D eigenvalue weighted by atomic mass is 32.1. The Morgan fingerprint density at radius 3 is 2.42 bits per heavy atom. The molecule has 2 fully saturated rings. The monoisotopic (exact) mass is 931 g/mol. The zero-order chi connectivity index (χ0) is 45.7. The normalized spacial score (nSPS) is 18.1. The number of aryl methyl sites for hydroxylation is 1. The summed E-state index contributed by atoms with van der Waals surface area (Å²) in [6.07, 6.45) is 6.16. The minimum atomic E-state index is -1.03. The van der Waals surface area contributed by atoms with Crippen molar-refractivity contribution in [2.75, 3.05) is 50.0 Å². The molecule has 6 amide bonds. The van der Waals surface area contributed by atoms with E-state index in [0.717, 1.165) is 41.2 Å². The lowest BCUT2D eigenvalue weighted by Gasteiger charge is -2.38. The summed E-state index contributed by atoms with van der Waals surface area (Å²) in [4.78, 5) is 79.5. The van der Waals surface area contributed by atoms with Gasteiger partial charge in [0.25, 0.3) is 17.7 Å². The summed E-state index contributed by atoms with van der Waals surface area (Å²) in [6.45, 7) is 3.50. The molecule has 0 bridgehead atoms. The van der Waals surface area contributed by atoms with Gasteiger partial charge in [0.05, 0.1) is 42.6 Å². The standard InChI is InChI=1S/C47H51N11O8.H2S/c48-43(61)41-42(30-12-14-33(15-13-30)66-32-7-2-1-3-8-32)53-58-36(18-21-50-44(41)58)29-19-23-55(24-20-29)39(60)11-4-6-31-28-56(54-52-31)25-27-65-26-22-49-35-10-5-9-34-40(35)47(64)57(46(34)63)37-16-17-38(59)51-45(37)62;/h1-3,5,7-10,12-15,28-29,36-37,49-50H,4,6,11,16-27H2,(H2,48,61)(H,51,59,62);1H2/t36-,37?;/m0./s1. The van der Waals surface area contributed by atoms with Gasteiger partial charge in [-0.2, -0.15) is 18.6 Å². The molecule has 5 aromatic rings. The maximum Gasteiger partial charge on any atom is 0.264 e. The number of nitrogens with two attached hydrogens (primary N) is 1. The van der Waals surface area contributed by atoms with Crippen LogP contribution in [0.25, 0.3) is 11.3 Å². The fraction of sp³-hybridized carbons (Fsp3) is 0.383. The molecule has 4 aliphatic heterocycles. The fourth-order valence-corrected chi connectivity index (χ4v) is 9.34. The van der Waals surface area contributed by atoms with E-state index < -0.39 is 35.6 Å². The Labute approximate surface area is 393 Å². The number of fused-ring (bicyclic) bond motifs is 2. The molecule has 67 heavy (non-hydrogen) atoms. The molecule has 2 aromatic heterocycles. The number of likely N-dealkylation sites (tertiary alicyclic amines) is 1. The molecule has 1 unspecified atom stereocenters. The lowest BCUT2D eigenvalue weighted by atomic mass is 9.86. The van der Waals surface area contributed by atoms with Crippen LogP contribution in [0.4, 0.5) is 11.5 Å². The Bertz CT molecular complexity index is 2650. The van der Waals surface area contributed by atoms with Crippen LogP contribution in [-0.2, 0) is 32.1 Å². The summed E-state index contributed by atoms with van der Waals surface area (Å²) >= 11 is 0. The highest BCUT2D eigenvalue weighted by Crippen LogP contribution is 2.40. The number of rotatable bonds is 17. The summed E-state index contributed by atoms with van der Waals surface area (Å²) in [5.41, 5.74) is 9.28. The fourth-order valence-electron chi connectivity index (χ4n) is 9.34. The van der Waals surface area contributed by atoms with E-state index in [9.17, 15) is 28.8 Å². The van der Waals surface area contributed by atoms with Crippen LogP contribution in [0.15, 0.2) is 79.0 Å². The zero-order valence-electron chi connectivity index (χ0n) is 36.8. The molecule has 6 heterocycles. The summed E-state index contributed by atoms with van der Waals surface area (Å²) in [7, 11) is 0. The topological polar surface area (TPSA) is 238 Å². The Morgan fingerprint density at radius 2 is 1.66 bits per heavy atom. The molecule has 0 aliphatic carbocycles. The lowest BCUT2D eigenvalue weighted by molar-refractivity contribution is -0.136. The van der Waals surface area contributed by atoms with E-state index in [0.29, 0.717) is 93.7 Å². The van der Waals surface area contributed by atoms with Gasteiger partial charge in [-0.05, 0) is 93.0 Å². The van der Waals surface area contributed by atoms with Crippen LogP contribution < -0.4 is 26.4 Å².